The number of hydrogen-bond donors (Lipinski definition) is 1. The second kappa shape index (κ2) is 8.54. The summed E-state index contributed by atoms with van der Waals surface area (Å²) in [6.07, 6.45) is 1.50. The lowest BCUT2D eigenvalue weighted by Crippen LogP contribution is -2.38. The summed E-state index contributed by atoms with van der Waals surface area (Å²) < 4.78 is 5.36. The molecule has 1 aliphatic heterocycles. The van der Waals surface area contributed by atoms with E-state index in [4.69, 9.17) is 16.3 Å². The molecule has 1 amide bonds. The zero-order valence-electron chi connectivity index (χ0n) is 16.1. The molecule has 0 bridgehead atoms. The highest BCUT2D eigenvalue weighted by atomic mass is 35.5. The summed E-state index contributed by atoms with van der Waals surface area (Å²) in [7, 11) is 0. The quantitative estimate of drug-likeness (QED) is 0.815. The number of carbonyl (C=O) groups is 1. The van der Waals surface area contributed by atoms with E-state index in [0.29, 0.717) is 32.3 Å². The molecule has 0 aromatic carbocycles. The third-order valence-corrected chi connectivity index (χ3v) is 5.87. The van der Waals surface area contributed by atoms with Crippen molar-refractivity contribution >= 4 is 34.8 Å². The van der Waals surface area contributed by atoms with Crippen LogP contribution in [0.15, 0.2) is 12.3 Å². The van der Waals surface area contributed by atoms with Crippen LogP contribution in [0.25, 0.3) is 0 Å². The molecule has 1 fully saturated rings. The fraction of sp³-hybridized carbons (Fsp3) is 0.526. The van der Waals surface area contributed by atoms with Crippen molar-refractivity contribution in [1.29, 1.82) is 0 Å². The molecule has 0 spiro atoms. The van der Waals surface area contributed by atoms with Crippen LogP contribution in [0.2, 0.25) is 5.02 Å². The van der Waals surface area contributed by atoms with Gasteiger partial charge in [0.05, 0.1) is 30.5 Å². The summed E-state index contributed by atoms with van der Waals surface area (Å²) in [6.45, 7) is 11.0. The highest BCUT2D eigenvalue weighted by molar-refractivity contribution is 7.12. The summed E-state index contributed by atoms with van der Waals surface area (Å²) in [5.74, 6) is 0.469. The van der Waals surface area contributed by atoms with Gasteiger partial charge in [0.25, 0.3) is 5.91 Å². The molecule has 1 saturated heterocycles. The molecular weight excluding hydrogens is 384 g/mol. The SMILES string of the molecule is Cc1cc(C(NC(=O)c2nc(N3CCOCC3)ncc2Cl)C(C)C)c(C)s1. The van der Waals surface area contributed by atoms with E-state index in [9.17, 15) is 4.79 Å². The van der Waals surface area contributed by atoms with Crippen LogP contribution in [0.1, 0.15) is 45.7 Å². The van der Waals surface area contributed by atoms with Crippen LogP contribution >= 0.6 is 22.9 Å². The van der Waals surface area contributed by atoms with Crippen LogP contribution in [0.3, 0.4) is 0 Å². The molecule has 1 aliphatic rings. The molecule has 2 aromatic rings. The monoisotopic (exact) mass is 408 g/mol. The van der Waals surface area contributed by atoms with Gasteiger partial charge in [0.15, 0.2) is 5.69 Å². The summed E-state index contributed by atoms with van der Waals surface area (Å²) in [4.78, 5) is 26.2. The van der Waals surface area contributed by atoms with E-state index in [1.165, 1.54) is 16.0 Å². The van der Waals surface area contributed by atoms with Gasteiger partial charge in [-0.2, -0.15) is 0 Å². The van der Waals surface area contributed by atoms with Crippen LogP contribution < -0.4 is 10.2 Å². The Balaban J connectivity index is 1.84. The van der Waals surface area contributed by atoms with Gasteiger partial charge in [0.2, 0.25) is 5.95 Å². The zero-order valence-corrected chi connectivity index (χ0v) is 17.7. The number of carbonyl (C=O) groups excluding carboxylic acids is 1. The second-order valence-corrected chi connectivity index (χ2v) is 8.90. The second-order valence-electron chi connectivity index (χ2n) is 7.03. The molecule has 3 heterocycles. The molecule has 1 atom stereocenters. The number of anilines is 1. The van der Waals surface area contributed by atoms with E-state index in [1.54, 1.807) is 11.3 Å². The van der Waals surface area contributed by atoms with Crippen LogP contribution in [-0.2, 0) is 4.74 Å². The molecule has 0 saturated carbocycles. The average molecular weight is 409 g/mol. The van der Waals surface area contributed by atoms with E-state index < -0.39 is 0 Å². The number of nitrogens with zero attached hydrogens (tertiary/aromatic N) is 3. The van der Waals surface area contributed by atoms with Crippen LogP contribution in [0.5, 0.6) is 0 Å². The Hall–Kier alpha value is -1.70. The summed E-state index contributed by atoms with van der Waals surface area (Å²) in [5.41, 5.74) is 1.36. The van der Waals surface area contributed by atoms with Crippen molar-refractivity contribution in [3.8, 4) is 0 Å². The molecule has 27 heavy (non-hydrogen) atoms. The Morgan fingerprint density at radius 1 is 1.33 bits per heavy atom. The molecule has 6 nitrogen and oxygen atoms in total. The van der Waals surface area contributed by atoms with Crippen LogP contribution in [0, 0.1) is 19.8 Å². The summed E-state index contributed by atoms with van der Waals surface area (Å²) >= 11 is 7.99. The van der Waals surface area contributed by atoms with Crippen molar-refractivity contribution in [1.82, 2.24) is 15.3 Å². The largest absolute Gasteiger partial charge is 0.378 e. The molecule has 3 rings (SSSR count). The standard InChI is InChI=1S/C19H25ClN4O2S/c1-11(2)16(14-9-12(3)27-13(14)4)22-18(25)17-15(20)10-21-19(23-17)24-5-7-26-8-6-24/h9-11,16H,5-8H2,1-4H3,(H,22,25). The maximum atomic E-state index is 13.0. The lowest BCUT2D eigenvalue weighted by molar-refractivity contribution is 0.0920. The lowest BCUT2D eigenvalue weighted by Gasteiger charge is -2.27. The van der Waals surface area contributed by atoms with Crippen molar-refractivity contribution in [3.63, 3.8) is 0 Å². The molecule has 1 N–H and O–H groups in total. The first-order valence-electron chi connectivity index (χ1n) is 9.10. The van der Waals surface area contributed by atoms with Gasteiger partial charge in [-0.25, -0.2) is 9.97 Å². The lowest BCUT2D eigenvalue weighted by atomic mass is 9.96. The maximum Gasteiger partial charge on any atom is 0.272 e. The third kappa shape index (κ3) is 4.59. The average Bonchev–Trinajstić information content (AvgIpc) is 2.98. The Labute approximate surface area is 168 Å². The van der Waals surface area contributed by atoms with Crippen LogP contribution in [0.4, 0.5) is 5.95 Å². The maximum absolute atomic E-state index is 13.0. The van der Waals surface area contributed by atoms with Gasteiger partial charge in [-0.15, -0.1) is 11.3 Å². The van der Waals surface area contributed by atoms with Gasteiger partial charge < -0.3 is 15.0 Å². The van der Waals surface area contributed by atoms with Crippen molar-refractivity contribution in [2.45, 2.75) is 33.7 Å². The normalized spacial score (nSPS) is 15.9. The minimum absolute atomic E-state index is 0.0969. The number of rotatable bonds is 5. The number of aryl methyl sites for hydroxylation is 2. The van der Waals surface area contributed by atoms with Gasteiger partial charge in [0, 0.05) is 22.8 Å². The van der Waals surface area contributed by atoms with Crippen molar-refractivity contribution in [2.75, 3.05) is 31.2 Å². The van der Waals surface area contributed by atoms with Gasteiger partial charge in [0.1, 0.15) is 0 Å². The predicted octanol–water partition coefficient (Wildman–Crippen LogP) is 3.77. The predicted molar refractivity (Wildman–Crippen MR) is 109 cm³/mol. The third-order valence-electron chi connectivity index (χ3n) is 4.61. The van der Waals surface area contributed by atoms with Crippen molar-refractivity contribution in [2.24, 2.45) is 5.92 Å². The van der Waals surface area contributed by atoms with Gasteiger partial charge >= 0.3 is 0 Å². The molecular formula is C19H25ClN4O2S. The summed E-state index contributed by atoms with van der Waals surface area (Å²) in [6, 6.07) is 2.05. The highest BCUT2D eigenvalue weighted by Gasteiger charge is 2.25. The fourth-order valence-electron chi connectivity index (χ4n) is 3.21. The Morgan fingerprint density at radius 3 is 2.63 bits per heavy atom. The van der Waals surface area contributed by atoms with Crippen molar-refractivity contribution in [3.05, 3.63) is 38.3 Å². The minimum Gasteiger partial charge on any atom is -0.378 e. The minimum atomic E-state index is -0.279. The first kappa shape index (κ1) is 20.0. The summed E-state index contributed by atoms with van der Waals surface area (Å²) in [5, 5.41) is 3.38. The van der Waals surface area contributed by atoms with E-state index >= 15 is 0 Å². The smallest absolute Gasteiger partial charge is 0.272 e. The Kier molecular flexibility index (Phi) is 6.34. The van der Waals surface area contributed by atoms with E-state index in [-0.39, 0.29) is 28.6 Å². The van der Waals surface area contributed by atoms with E-state index in [0.717, 1.165) is 5.56 Å². The molecule has 8 heteroatoms. The molecule has 2 aromatic heterocycles. The van der Waals surface area contributed by atoms with E-state index in [2.05, 4.69) is 49.0 Å². The van der Waals surface area contributed by atoms with Gasteiger partial charge in [-0.1, -0.05) is 25.4 Å². The number of hydrogen-bond acceptors (Lipinski definition) is 6. The topological polar surface area (TPSA) is 67.4 Å². The van der Waals surface area contributed by atoms with E-state index in [1.807, 2.05) is 4.90 Å². The molecule has 146 valence electrons. The van der Waals surface area contributed by atoms with Gasteiger partial charge in [-0.3, -0.25) is 4.79 Å². The first-order valence-corrected chi connectivity index (χ1v) is 10.3. The number of halogens is 1. The Morgan fingerprint density at radius 2 is 2.04 bits per heavy atom. The molecule has 0 aliphatic carbocycles. The molecule has 0 radical (unpaired) electrons. The Bertz CT molecular complexity index is 818. The van der Waals surface area contributed by atoms with Crippen molar-refractivity contribution < 1.29 is 9.53 Å². The number of ether oxygens (including phenoxy) is 1. The fourth-order valence-corrected chi connectivity index (χ4v) is 4.35. The number of amides is 1. The highest BCUT2D eigenvalue weighted by Crippen LogP contribution is 2.31. The van der Waals surface area contributed by atoms with Gasteiger partial charge in [-0.05, 0) is 31.4 Å². The zero-order chi connectivity index (χ0) is 19.6. The number of thiophene rings is 1. The number of morpholine rings is 1. The number of nitrogens with one attached hydrogen (secondary N) is 1. The van der Waals surface area contributed by atoms with Crippen LogP contribution in [-0.4, -0.2) is 42.2 Å². The number of aromatic nitrogens is 2. The molecule has 1 unspecified atom stereocenters. The first-order chi connectivity index (χ1) is 12.9.